The van der Waals surface area contributed by atoms with Gasteiger partial charge in [0, 0.05) is 17.5 Å². The minimum absolute atomic E-state index is 0.172. The van der Waals surface area contributed by atoms with Gasteiger partial charge >= 0.3 is 0 Å². The number of aliphatic hydroxyl groups is 1. The summed E-state index contributed by atoms with van der Waals surface area (Å²) in [5, 5.41) is 13.2. The van der Waals surface area contributed by atoms with Crippen LogP contribution in [-0.4, -0.2) is 17.3 Å². The molecule has 1 aliphatic rings. The summed E-state index contributed by atoms with van der Waals surface area (Å²) in [6, 6.07) is 4.22. The summed E-state index contributed by atoms with van der Waals surface area (Å²) in [6.07, 6.45) is 4.22. The van der Waals surface area contributed by atoms with Crippen LogP contribution in [0.15, 0.2) is 12.1 Å². The van der Waals surface area contributed by atoms with Gasteiger partial charge in [-0.2, -0.15) is 0 Å². The van der Waals surface area contributed by atoms with E-state index in [1.54, 1.807) is 11.3 Å². The number of thiophene rings is 1. The van der Waals surface area contributed by atoms with Crippen molar-refractivity contribution in [1.29, 1.82) is 0 Å². The first-order valence-electron chi connectivity index (χ1n) is 5.41. The van der Waals surface area contributed by atoms with Crippen LogP contribution >= 0.6 is 22.9 Å². The van der Waals surface area contributed by atoms with Gasteiger partial charge in [-0.05, 0) is 25.0 Å². The number of hydrogen-bond donors (Lipinski definition) is 2. The van der Waals surface area contributed by atoms with Crippen molar-refractivity contribution in [2.45, 2.75) is 44.4 Å². The third-order valence-corrected chi connectivity index (χ3v) is 4.13. The van der Waals surface area contributed by atoms with Gasteiger partial charge in [-0.3, -0.25) is 0 Å². The average molecular weight is 246 g/mol. The molecule has 1 aromatic heterocycles. The largest absolute Gasteiger partial charge is 0.392 e. The fourth-order valence-electron chi connectivity index (χ4n) is 2.03. The molecule has 0 aliphatic heterocycles. The van der Waals surface area contributed by atoms with E-state index >= 15 is 0 Å². The van der Waals surface area contributed by atoms with Crippen molar-refractivity contribution in [1.82, 2.24) is 5.32 Å². The van der Waals surface area contributed by atoms with Gasteiger partial charge in [0.2, 0.25) is 0 Å². The Kier molecular flexibility index (Phi) is 4.03. The lowest BCUT2D eigenvalue weighted by Crippen LogP contribution is -2.41. The lowest BCUT2D eigenvalue weighted by Gasteiger charge is -2.28. The van der Waals surface area contributed by atoms with Crippen LogP contribution in [-0.2, 0) is 6.54 Å². The van der Waals surface area contributed by atoms with Gasteiger partial charge < -0.3 is 10.4 Å². The number of hydrogen-bond acceptors (Lipinski definition) is 3. The van der Waals surface area contributed by atoms with Gasteiger partial charge in [0.15, 0.2) is 0 Å². The molecule has 2 rings (SSSR count). The smallest absolute Gasteiger partial charge is 0.0931 e. The summed E-state index contributed by atoms with van der Waals surface area (Å²) >= 11 is 7.45. The lowest BCUT2D eigenvalue weighted by molar-refractivity contribution is 0.0904. The molecule has 2 nitrogen and oxygen atoms in total. The monoisotopic (exact) mass is 245 g/mol. The van der Waals surface area contributed by atoms with Crippen molar-refractivity contribution in [2.24, 2.45) is 0 Å². The van der Waals surface area contributed by atoms with Crippen LogP contribution in [0.5, 0.6) is 0 Å². The normalized spacial score (nSPS) is 26.8. The van der Waals surface area contributed by atoms with Crippen molar-refractivity contribution in [3.05, 3.63) is 21.3 Å². The van der Waals surface area contributed by atoms with Crippen molar-refractivity contribution in [3.63, 3.8) is 0 Å². The Balaban J connectivity index is 1.81. The van der Waals surface area contributed by atoms with Crippen LogP contribution in [0.25, 0.3) is 0 Å². The van der Waals surface area contributed by atoms with Gasteiger partial charge in [-0.25, -0.2) is 0 Å². The molecule has 4 heteroatoms. The van der Waals surface area contributed by atoms with Crippen molar-refractivity contribution < 1.29 is 5.11 Å². The van der Waals surface area contributed by atoms with Crippen LogP contribution in [0.4, 0.5) is 0 Å². The van der Waals surface area contributed by atoms with E-state index in [4.69, 9.17) is 11.6 Å². The Morgan fingerprint density at radius 3 is 2.87 bits per heavy atom. The second-order valence-electron chi connectivity index (χ2n) is 4.05. The van der Waals surface area contributed by atoms with Crippen LogP contribution in [0.1, 0.15) is 30.6 Å². The summed E-state index contributed by atoms with van der Waals surface area (Å²) in [7, 11) is 0. The van der Waals surface area contributed by atoms with Crippen LogP contribution in [0, 0.1) is 0 Å². The standard InChI is InChI=1S/C11H16ClNOS/c12-11-6-5-8(15-11)7-13-9-3-1-2-4-10(9)14/h5-6,9-10,13-14H,1-4,7H2/t9-,10+/m0/s1. The fourth-order valence-corrected chi connectivity index (χ4v) is 3.07. The van der Waals surface area contributed by atoms with Crippen molar-refractivity contribution >= 4 is 22.9 Å². The molecule has 1 aromatic rings. The molecule has 0 aromatic carbocycles. The van der Waals surface area contributed by atoms with Crippen molar-refractivity contribution in [3.8, 4) is 0 Å². The molecule has 15 heavy (non-hydrogen) atoms. The molecule has 0 spiro atoms. The summed E-state index contributed by atoms with van der Waals surface area (Å²) in [5.74, 6) is 0. The molecular weight excluding hydrogens is 230 g/mol. The highest BCUT2D eigenvalue weighted by Gasteiger charge is 2.22. The highest BCUT2D eigenvalue weighted by Crippen LogP contribution is 2.23. The molecule has 0 amide bonds. The van der Waals surface area contributed by atoms with Crippen molar-refractivity contribution in [2.75, 3.05) is 0 Å². The number of nitrogens with one attached hydrogen (secondary N) is 1. The molecule has 0 bridgehead atoms. The van der Waals surface area contributed by atoms with E-state index in [9.17, 15) is 5.11 Å². The van der Waals surface area contributed by atoms with E-state index in [1.165, 1.54) is 11.3 Å². The average Bonchev–Trinajstić information content (AvgIpc) is 2.63. The Morgan fingerprint density at radius 1 is 1.40 bits per heavy atom. The maximum Gasteiger partial charge on any atom is 0.0931 e. The Morgan fingerprint density at radius 2 is 2.20 bits per heavy atom. The third-order valence-electron chi connectivity index (χ3n) is 2.90. The summed E-state index contributed by atoms with van der Waals surface area (Å²) in [6.45, 7) is 0.819. The summed E-state index contributed by atoms with van der Waals surface area (Å²) in [4.78, 5) is 1.23. The maximum atomic E-state index is 9.77. The third kappa shape index (κ3) is 3.18. The zero-order chi connectivity index (χ0) is 10.7. The van der Waals surface area contributed by atoms with Gasteiger partial charge in [-0.15, -0.1) is 11.3 Å². The molecule has 2 N–H and O–H groups in total. The second-order valence-corrected chi connectivity index (χ2v) is 5.84. The molecule has 1 aliphatic carbocycles. The Labute approximate surface area is 99.3 Å². The summed E-state index contributed by atoms with van der Waals surface area (Å²) < 4.78 is 0.830. The lowest BCUT2D eigenvalue weighted by atomic mass is 9.92. The molecule has 1 heterocycles. The van der Waals surface area contributed by atoms with Crippen LogP contribution < -0.4 is 5.32 Å². The van der Waals surface area contributed by atoms with Crippen LogP contribution in [0.2, 0.25) is 4.34 Å². The molecule has 0 radical (unpaired) electrons. The molecule has 1 fully saturated rings. The molecule has 0 unspecified atom stereocenters. The van der Waals surface area contributed by atoms with E-state index < -0.39 is 0 Å². The molecule has 0 saturated heterocycles. The second kappa shape index (κ2) is 5.30. The quantitative estimate of drug-likeness (QED) is 0.859. The Bertz CT molecular complexity index is 315. The zero-order valence-corrected chi connectivity index (χ0v) is 10.2. The van der Waals surface area contributed by atoms with E-state index in [2.05, 4.69) is 5.32 Å². The number of aliphatic hydroxyl groups excluding tert-OH is 1. The maximum absolute atomic E-state index is 9.77. The summed E-state index contributed by atoms with van der Waals surface area (Å²) in [5.41, 5.74) is 0. The van der Waals surface area contributed by atoms with Gasteiger partial charge in [0.05, 0.1) is 10.4 Å². The van der Waals surface area contributed by atoms with E-state index in [0.29, 0.717) is 0 Å². The first kappa shape index (κ1) is 11.4. The molecule has 1 saturated carbocycles. The van der Waals surface area contributed by atoms with Gasteiger partial charge in [-0.1, -0.05) is 24.4 Å². The predicted octanol–water partition coefficient (Wildman–Crippen LogP) is 2.79. The fraction of sp³-hybridized carbons (Fsp3) is 0.636. The zero-order valence-electron chi connectivity index (χ0n) is 8.58. The SMILES string of the molecule is O[C@@H]1CCCC[C@@H]1NCc1ccc(Cl)s1. The van der Waals surface area contributed by atoms with E-state index in [-0.39, 0.29) is 12.1 Å². The molecule has 2 atom stereocenters. The molecule has 84 valence electrons. The first-order chi connectivity index (χ1) is 7.25. The Hall–Kier alpha value is -0.0900. The minimum atomic E-state index is -0.172. The topological polar surface area (TPSA) is 32.3 Å². The van der Waals surface area contributed by atoms with E-state index in [1.807, 2.05) is 12.1 Å². The van der Waals surface area contributed by atoms with Gasteiger partial charge in [0.25, 0.3) is 0 Å². The number of halogens is 1. The highest BCUT2D eigenvalue weighted by atomic mass is 35.5. The van der Waals surface area contributed by atoms with E-state index in [0.717, 1.165) is 30.1 Å². The van der Waals surface area contributed by atoms with Crippen LogP contribution in [0.3, 0.4) is 0 Å². The molecular formula is C11H16ClNOS. The number of rotatable bonds is 3. The minimum Gasteiger partial charge on any atom is -0.392 e. The predicted molar refractivity (Wildman–Crippen MR) is 64.4 cm³/mol. The first-order valence-corrected chi connectivity index (χ1v) is 6.61. The highest BCUT2D eigenvalue weighted by molar-refractivity contribution is 7.16. The van der Waals surface area contributed by atoms with Gasteiger partial charge in [0.1, 0.15) is 0 Å².